The Labute approximate surface area is 109 Å². The Balaban J connectivity index is 2.32. The molecular weight excluding hydrogens is 232 g/mol. The lowest BCUT2D eigenvalue weighted by molar-refractivity contribution is -0.124. The second-order valence-corrected chi connectivity index (χ2v) is 6.27. The summed E-state index contributed by atoms with van der Waals surface area (Å²) in [7, 11) is 0. The highest BCUT2D eigenvalue weighted by Crippen LogP contribution is 2.26. The van der Waals surface area contributed by atoms with E-state index < -0.39 is 0 Å². The summed E-state index contributed by atoms with van der Waals surface area (Å²) in [4.78, 5) is 11.9. The third kappa shape index (κ3) is 4.51. The molecule has 0 aromatic heterocycles. The van der Waals surface area contributed by atoms with E-state index in [4.69, 9.17) is 5.73 Å². The topological polar surface area (TPSA) is 55.1 Å². The maximum Gasteiger partial charge on any atom is 0.237 e. The number of nitrogens with one attached hydrogen (secondary N) is 1. The van der Waals surface area contributed by atoms with Crippen LogP contribution in [0, 0.1) is 5.92 Å². The molecule has 0 heterocycles. The SMILES string of the molecule is CCC(C)C(N)C(=O)NC1CCC(SC)CC1. The zero-order valence-electron chi connectivity index (χ0n) is 11.2. The van der Waals surface area contributed by atoms with Crippen molar-refractivity contribution in [3.05, 3.63) is 0 Å². The average molecular weight is 258 g/mol. The summed E-state index contributed by atoms with van der Waals surface area (Å²) in [6.45, 7) is 4.11. The first-order valence-electron chi connectivity index (χ1n) is 6.67. The first-order valence-corrected chi connectivity index (χ1v) is 7.96. The zero-order chi connectivity index (χ0) is 12.8. The van der Waals surface area contributed by atoms with Crippen molar-refractivity contribution in [3.63, 3.8) is 0 Å². The van der Waals surface area contributed by atoms with E-state index in [1.165, 1.54) is 12.8 Å². The van der Waals surface area contributed by atoms with E-state index >= 15 is 0 Å². The van der Waals surface area contributed by atoms with Crippen molar-refractivity contribution in [1.82, 2.24) is 5.32 Å². The molecule has 0 aliphatic heterocycles. The standard InChI is InChI=1S/C13H26N2OS/c1-4-9(2)12(14)13(16)15-10-5-7-11(17-3)8-6-10/h9-12H,4-8,14H2,1-3H3,(H,15,16). The molecule has 0 aromatic rings. The molecule has 1 rings (SSSR count). The zero-order valence-corrected chi connectivity index (χ0v) is 12.1. The highest BCUT2D eigenvalue weighted by atomic mass is 32.2. The Morgan fingerprint density at radius 1 is 1.41 bits per heavy atom. The number of rotatable bonds is 5. The predicted octanol–water partition coefficient (Wildman–Crippen LogP) is 2.15. The van der Waals surface area contributed by atoms with Crippen molar-refractivity contribution >= 4 is 17.7 Å². The Kier molecular flexibility index (Phi) is 6.34. The molecule has 3 nitrogen and oxygen atoms in total. The number of nitrogens with two attached hydrogens (primary N) is 1. The van der Waals surface area contributed by atoms with Crippen LogP contribution >= 0.6 is 11.8 Å². The van der Waals surface area contributed by atoms with E-state index in [9.17, 15) is 4.79 Å². The Morgan fingerprint density at radius 2 is 2.00 bits per heavy atom. The minimum absolute atomic E-state index is 0.0342. The van der Waals surface area contributed by atoms with Gasteiger partial charge >= 0.3 is 0 Å². The van der Waals surface area contributed by atoms with Gasteiger partial charge in [0.25, 0.3) is 0 Å². The lowest BCUT2D eigenvalue weighted by Crippen LogP contribution is -2.49. The number of thioether (sulfide) groups is 1. The third-order valence-corrected chi connectivity index (χ3v) is 5.05. The summed E-state index contributed by atoms with van der Waals surface area (Å²) in [6.07, 6.45) is 7.75. The van der Waals surface area contributed by atoms with E-state index in [1.54, 1.807) is 0 Å². The summed E-state index contributed by atoms with van der Waals surface area (Å²) >= 11 is 1.94. The minimum Gasteiger partial charge on any atom is -0.352 e. The van der Waals surface area contributed by atoms with Gasteiger partial charge in [0.1, 0.15) is 0 Å². The van der Waals surface area contributed by atoms with Gasteiger partial charge in [-0.2, -0.15) is 11.8 Å². The molecule has 0 saturated heterocycles. The van der Waals surface area contributed by atoms with Gasteiger partial charge in [-0.1, -0.05) is 20.3 Å². The molecule has 17 heavy (non-hydrogen) atoms. The fourth-order valence-electron chi connectivity index (χ4n) is 2.25. The fraction of sp³-hybridized carbons (Fsp3) is 0.923. The van der Waals surface area contributed by atoms with Crippen LogP contribution in [0.15, 0.2) is 0 Å². The number of carbonyl (C=O) groups excluding carboxylic acids is 1. The first kappa shape index (κ1) is 14.8. The highest BCUT2D eigenvalue weighted by molar-refractivity contribution is 7.99. The average Bonchev–Trinajstić information content (AvgIpc) is 2.37. The molecule has 1 fully saturated rings. The van der Waals surface area contributed by atoms with Gasteiger partial charge in [-0.15, -0.1) is 0 Å². The van der Waals surface area contributed by atoms with E-state index in [0.717, 1.165) is 24.5 Å². The molecule has 0 radical (unpaired) electrons. The number of hydrogen-bond acceptors (Lipinski definition) is 3. The Morgan fingerprint density at radius 3 is 2.47 bits per heavy atom. The van der Waals surface area contributed by atoms with Crippen LogP contribution in [0.5, 0.6) is 0 Å². The van der Waals surface area contributed by atoms with Crippen LogP contribution < -0.4 is 11.1 Å². The molecule has 2 unspecified atom stereocenters. The molecule has 1 aliphatic rings. The third-order valence-electron chi connectivity index (χ3n) is 3.91. The second kappa shape index (κ2) is 7.27. The minimum atomic E-state index is -0.349. The Bertz CT molecular complexity index is 240. The van der Waals surface area contributed by atoms with Gasteiger partial charge in [-0.3, -0.25) is 4.79 Å². The maximum absolute atomic E-state index is 11.9. The van der Waals surface area contributed by atoms with Crippen LogP contribution in [0.1, 0.15) is 46.0 Å². The molecule has 4 heteroatoms. The van der Waals surface area contributed by atoms with E-state index in [1.807, 2.05) is 18.7 Å². The smallest absolute Gasteiger partial charge is 0.237 e. The summed E-state index contributed by atoms with van der Waals surface area (Å²) < 4.78 is 0. The molecule has 1 amide bonds. The Hall–Kier alpha value is -0.220. The predicted molar refractivity (Wildman–Crippen MR) is 75.1 cm³/mol. The van der Waals surface area contributed by atoms with E-state index in [0.29, 0.717) is 6.04 Å². The van der Waals surface area contributed by atoms with Crippen LogP contribution in [-0.2, 0) is 4.79 Å². The molecule has 0 spiro atoms. The lowest BCUT2D eigenvalue weighted by Gasteiger charge is -2.29. The normalized spacial score (nSPS) is 28.5. The van der Waals surface area contributed by atoms with Crippen molar-refractivity contribution in [2.24, 2.45) is 11.7 Å². The quantitative estimate of drug-likeness (QED) is 0.794. The first-order chi connectivity index (χ1) is 8.08. The van der Waals surface area contributed by atoms with Crippen molar-refractivity contribution < 1.29 is 4.79 Å². The van der Waals surface area contributed by atoms with E-state index in [2.05, 4.69) is 18.5 Å². The molecule has 2 atom stereocenters. The molecule has 0 aromatic carbocycles. The largest absolute Gasteiger partial charge is 0.352 e. The summed E-state index contributed by atoms with van der Waals surface area (Å²) in [6, 6.07) is -0.000667. The van der Waals surface area contributed by atoms with Gasteiger partial charge in [0.15, 0.2) is 0 Å². The monoisotopic (exact) mass is 258 g/mol. The van der Waals surface area contributed by atoms with Gasteiger partial charge in [-0.25, -0.2) is 0 Å². The molecule has 3 N–H and O–H groups in total. The summed E-state index contributed by atoms with van der Waals surface area (Å²) in [5.74, 6) is 0.296. The van der Waals surface area contributed by atoms with Crippen molar-refractivity contribution in [1.29, 1.82) is 0 Å². The van der Waals surface area contributed by atoms with Crippen molar-refractivity contribution in [2.45, 2.75) is 63.3 Å². The van der Waals surface area contributed by atoms with Crippen LogP contribution in [0.25, 0.3) is 0 Å². The maximum atomic E-state index is 11.9. The van der Waals surface area contributed by atoms with Crippen LogP contribution in [0.3, 0.4) is 0 Å². The summed E-state index contributed by atoms with van der Waals surface area (Å²) in [5, 5.41) is 3.89. The van der Waals surface area contributed by atoms with Gasteiger partial charge in [-0.05, 0) is 37.9 Å². The van der Waals surface area contributed by atoms with Crippen LogP contribution in [-0.4, -0.2) is 29.5 Å². The number of carbonyl (C=O) groups is 1. The highest BCUT2D eigenvalue weighted by Gasteiger charge is 2.25. The fourth-order valence-corrected chi connectivity index (χ4v) is 3.00. The van der Waals surface area contributed by atoms with Crippen molar-refractivity contribution in [2.75, 3.05) is 6.26 Å². The molecule has 100 valence electrons. The lowest BCUT2D eigenvalue weighted by atomic mass is 9.93. The van der Waals surface area contributed by atoms with Gasteiger partial charge in [0, 0.05) is 11.3 Å². The van der Waals surface area contributed by atoms with Gasteiger partial charge in [0.2, 0.25) is 5.91 Å². The summed E-state index contributed by atoms with van der Waals surface area (Å²) in [5.41, 5.74) is 5.93. The van der Waals surface area contributed by atoms with E-state index in [-0.39, 0.29) is 17.9 Å². The second-order valence-electron chi connectivity index (χ2n) is 5.13. The van der Waals surface area contributed by atoms with Crippen molar-refractivity contribution in [3.8, 4) is 0 Å². The molecule has 1 saturated carbocycles. The molecule has 1 aliphatic carbocycles. The molecule has 0 bridgehead atoms. The van der Waals surface area contributed by atoms with Crippen LogP contribution in [0.4, 0.5) is 0 Å². The van der Waals surface area contributed by atoms with Gasteiger partial charge < -0.3 is 11.1 Å². The number of hydrogen-bond donors (Lipinski definition) is 2. The van der Waals surface area contributed by atoms with Crippen LogP contribution in [0.2, 0.25) is 0 Å². The number of amides is 1. The van der Waals surface area contributed by atoms with Gasteiger partial charge in [0.05, 0.1) is 6.04 Å². The molecular formula is C13H26N2OS.